The number of methoxy groups -OCH3 is 1. The molecule has 0 saturated heterocycles. The topological polar surface area (TPSA) is 76.1 Å². The van der Waals surface area contributed by atoms with Crippen LogP contribution in [0.1, 0.15) is 48.4 Å². The fourth-order valence-electron chi connectivity index (χ4n) is 4.35. The number of carbonyl (C=O) groups excluding carboxylic acids is 2. The maximum atomic E-state index is 13.0. The molecular weight excluding hydrogens is 522 g/mol. The molecule has 1 atom stereocenters. The molecule has 208 valence electrons. The van der Waals surface area contributed by atoms with Gasteiger partial charge in [-0.3, -0.25) is 0 Å². The molecule has 3 aromatic carbocycles. The van der Waals surface area contributed by atoms with Gasteiger partial charge >= 0.3 is 12.1 Å². The predicted molar refractivity (Wildman–Crippen MR) is 159 cm³/mol. The molecule has 1 N–H and O–H groups in total. The number of rotatable bonds is 9. The van der Waals surface area contributed by atoms with Crippen LogP contribution in [0.5, 0.6) is 0 Å². The lowest BCUT2D eigenvalue weighted by Crippen LogP contribution is -2.40. The van der Waals surface area contributed by atoms with Gasteiger partial charge in [0.05, 0.1) is 25.3 Å². The molecule has 0 spiro atoms. The Labute approximate surface area is 239 Å². The second-order valence-electron chi connectivity index (χ2n) is 10.5. The zero-order chi connectivity index (χ0) is 28.7. The molecule has 0 bridgehead atoms. The van der Waals surface area contributed by atoms with Crippen LogP contribution in [0, 0.1) is 0 Å². The molecule has 6 nitrogen and oxygen atoms in total. The predicted octanol–water partition coefficient (Wildman–Crippen LogP) is 7.38. The summed E-state index contributed by atoms with van der Waals surface area (Å²) >= 11 is 1.57. The third kappa shape index (κ3) is 7.58. The molecule has 0 radical (unpaired) electrons. The maximum Gasteiger partial charge on any atom is 0.410 e. The molecule has 0 aliphatic heterocycles. The molecule has 4 aromatic rings. The first-order valence-electron chi connectivity index (χ1n) is 13.2. The molecule has 0 aliphatic rings. The SMILES string of the molecule is COC(=O)c1ccc(-c2ccc(CCN(C[C@@H](O)c3ccccc3)C(=O)OC(C)(C)C)cc2)cc1-c1cccs1. The highest BCUT2D eigenvalue weighted by Crippen LogP contribution is 2.33. The average Bonchev–Trinajstić information content (AvgIpc) is 3.49. The van der Waals surface area contributed by atoms with Gasteiger partial charge < -0.3 is 19.5 Å². The van der Waals surface area contributed by atoms with Crippen molar-refractivity contribution < 1.29 is 24.2 Å². The number of aliphatic hydroxyl groups is 1. The lowest BCUT2D eigenvalue weighted by atomic mass is 9.97. The summed E-state index contributed by atoms with van der Waals surface area (Å²) in [6, 6.07) is 27.2. The molecule has 0 unspecified atom stereocenters. The average molecular weight is 558 g/mol. The van der Waals surface area contributed by atoms with Gasteiger partial charge in [-0.15, -0.1) is 11.3 Å². The summed E-state index contributed by atoms with van der Waals surface area (Å²) in [5.74, 6) is -0.364. The van der Waals surface area contributed by atoms with Crippen LogP contribution >= 0.6 is 11.3 Å². The highest BCUT2D eigenvalue weighted by molar-refractivity contribution is 7.13. The first-order valence-corrected chi connectivity index (χ1v) is 14.1. The highest BCUT2D eigenvalue weighted by atomic mass is 32.1. The summed E-state index contributed by atoms with van der Waals surface area (Å²) in [6.45, 7) is 6.02. The third-order valence-electron chi connectivity index (χ3n) is 6.40. The number of ether oxygens (including phenoxy) is 2. The summed E-state index contributed by atoms with van der Waals surface area (Å²) in [6.07, 6.45) is -0.671. The quantitative estimate of drug-likeness (QED) is 0.217. The number of thiophene rings is 1. The molecule has 0 saturated carbocycles. The standard InChI is InChI=1S/C33H35NO5S/c1-33(2,3)39-32(37)34(22-29(35)25-9-6-5-7-10-25)19-18-23-12-14-24(15-13-23)26-16-17-27(31(36)38-4)28(21-26)30-11-8-20-40-30/h5-17,20-21,29,35H,18-19,22H2,1-4H3/t29-/m1/s1. The van der Waals surface area contributed by atoms with E-state index in [0.717, 1.165) is 32.7 Å². The molecule has 0 fully saturated rings. The van der Waals surface area contributed by atoms with Crippen molar-refractivity contribution in [3.05, 3.63) is 107 Å². The van der Waals surface area contributed by atoms with E-state index in [4.69, 9.17) is 9.47 Å². The fourth-order valence-corrected chi connectivity index (χ4v) is 5.11. The second-order valence-corrected chi connectivity index (χ2v) is 11.5. The van der Waals surface area contributed by atoms with Gasteiger partial charge in [-0.25, -0.2) is 9.59 Å². The lowest BCUT2D eigenvalue weighted by Gasteiger charge is -2.29. The minimum atomic E-state index is -0.818. The third-order valence-corrected chi connectivity index (χ3v) is 7.30. The monoisotopic (exact) mass is 557 g/mol. The minimum Gasteiger partial charge on any atom is -0.465 e. The molecule has 40 heavy (non-hydrogen) atoms. The molecule has 1 aromatic heterocycles. The Balaban J connectivity index is 1.50. The van der Waals surface area contributed by atoms with Crippen molar-refractivity contribution in [1.82, 2.24) is 4.90 Å². The van der Waals surface area contributed by atoms with Crippen LogP contribution in [-0.2, 0) is 15.9 Å². The van der Waals surface area contributed by atoms with E-state index in [1.54, 1.807) is 22.3 Å². The van der Waals surface area contributed by atoms with Crippen LogP contribution < -0.4 is 0 Å². The van der Waals surface area contributed by atoms with E-state index < -0.39 is 17.8 Å². The van der Waals surface area contributed by atoms with Crippen molar-refractivity contribution in [3.8, 4) is 21.6 Å². The summed E-state index contributed by atoms with van der Waals surface area (Å²) in [5.41, 5.74) is 4.54. The number of hydrogen-bond acceptors (Lipinski definition) is 6. The van der Waals surface area contributed by atoms with Crippen molar-refractivity contribution in [2.45, 2.75) is 38.9 Å². The van der Waals surface area contributed by atoms with Crippen LogP contribution in [0.15, 0.2) is 90.3 Å². The summed E-state index contributed by atoms with van der Waals surface area (Å²) in [7, 11) is 1.39. The molecule has 1 amide bonds. The Kier molecular flexibility index (Phi) is 9.40. The van der Waals surface area contributed by atoms with Crippen molar-refractivity contribution >= 4 is 23.4 Å². The van der Waals surface area contributed by atoms with Crippen LogP contribution in [0.4, 0.5) is 4.79 Å². The Hall–Kier alpha value is -3.94. The van der Waals surface area contributed by atoms with Gasteiger partial charge in [-0.2, -0.15) is 0 Å². The zero-order valence-electron chi connectivity index (χ0n) is 23.3. The van der Waals surface area contributed by atoms with Gasteiger partial charge in [0.25, 0.3) is 0 Å². The Morgan fingerprint density at radius 2 is 1.62 bits per heavy atom. The molecule has 4 rings (SSSR count). The Morgan fingerprint density at radius 1 is 0.925 bits per heavy atom. The van der Waals surface area contributed by atoms with Crippen molar-refractivity contribution in [3.63, 3.8) is 0 Å². The van der Waals surface area contributed by atoms with E-state index in [2.05, 4.69) is 0 Å². The van der Waals surface area contributed by atoms with E-state index in [0.29, 0.717) is 18.5 Å². The van der Waals surface area contributed by atoms with E-state index in [9.17, 15) is 14.7 Å². The maximum absolute atomic E-state index is 13.0. The smallest absolute Gasteiger partial charge is 0.410 e. The Bertz CT molecular complexity index is 1410. The minimum absolute atomic E-state index is 0.134. The van der Waals surface area contributed by atoms with E-state index in [1.165, 1.54) is 7.11 Å². The number of aliphatic hydroxyl groups excluding tert-OH is 1. The number of nitrogens with zero attached hydrogens (tertiary/aromatic N) is 1. The van der Waals surface area contributed by atoms with Gasteiger partial charge in [0.1, 0.15) is 5.60 Å². The zero-order valence-corrected chi connectivity index (χ0v) is 24.1. The lowest BCUT2D eigenvalue weighted by molar-refractivity contribution is 0.0147. The van der Waals surface area contributed by atoms with Crippen LogP contribution in [0.3, 0.4) is 0 Å². The van der Waals surface area contributed by atoms with Crippen molar-refractivity contribution in [2.75, 3.05) is 20.2 Å². The molecular formula is C33H35NO5S. The Morgan fingerprint density at radius 3 is 2.25 bits per heavy atom. The molecule has 0 aliphatic carbocycles. The molecule has 1 heterocycles. The van der Waals surface area contributed by atoms with E-state index >= 15 is 0 Å². The van der Waals surface area contributed by atoms with Gasteiger partial charge in [0.15, 0.2) is 0 Å². The molecule has 7 heteroatoms. The highest BCUT2D eigenvalue weighted by Gasteiger charge is 2.24. The van der Waals surface area contributed by atoms with E-state index in [-0.39, 0.29) is 12.5 Å². The largest absolute Gasteiger partial charge is 0.465 e. The first kappa shape index (κ1) is 29.1. The van der Waals surface area contributed by atoms with Gasteiger partial charge in [0, 0.05) is 17.0 Å². The van der Waals surface area contributed by atoms with Gasteiger partial charge in [-0.1, -0.05) is 66.7 Å². The van der Waals surface area contributed by atoms with E-state index in [1.807, 2.05) is 105 Å². The van der Waals surface area contributed by atoms with Gasteiger partial charge in [-0.05, 0) is 73.0 Å². The summed E-state index contributed by atoms with van der Waals surface area (Å²) in [5, 5.41) is 12.8. The summed E-state index contributed by atoms with van der Waals surface area (Å²) in [4.78, 5) is 27.9. The number of amides is 1. The number of esters is 1. The second kappa shape index (κ2) is 12.9. The normalized spacial score (nSPS) is 12.0. The number of benzene rings is 3. The van der Waals surface area contributed by atoms with Crippen LogP contribution in [0.2, 0.25) is 0 Å². The van der Waals surface area contributed by atoms with Crippen LogP contribution in [-0.4, -0.2) is 47.9 Å². The fraction of sp³-hybridized carbons (Fsp3) is 0.273. The first-order chi connectivity index (χ1) is 19.1. The summed E-state index contributed by atoms with van der Waals surface area (Å²) < 4.78 is 10.6. The van der Waals surface area contributed by atoms with Crippen molar-refractivity contribution in [1.29, 1.82) is 0 Å². The van der Waals surface area contributed by atoms with Gasteiger partial charge in [0.2, 0.25) is 0 Å². The van der Waals surface area contributed by atoms with Crippen LogP contribution in [0.25, 0.3) is 21.6 Å². The number of hydrogen-bond donors (Lipinski definition) is 1. The van der Waals surface area contributed by atoms with Crippen molar-refractivity contribution in [2.24, 2.45) is 0 Å². The number of carbonyl (C=O) groups is 2.